The van der Waals surface area contributed by atoms with Crippen molar-refractivity contribution < 1.29 is 14.3 Å². The van der Waals surface area contributed by atoms with Gasteiger partial charge in [0.15, 0.2) is 0 Å². The monoisotopic (exact) mass is 154 g/mol. The molecular formula is C2H4K2O3. The third-order valence-electron chi connectivity index (χ3n) is 0.111. The van der Waals surface area contributed by atoms with Gasteiger partial charge in [-0.25, -0.2) is 0 Å². The van der Waals surface area contributed by atoms with E-state index in [1.807, 2.05) is 0 Å². The Kier molecular flexibility index (Phi) is 36.5. The molecule has 0 saturated heterocycles. The average Bonchev–Trinajstić information content (AvgIpc) is 1.41. The van der Waals surface area contributed by atoms with Crippen LogP contribution in [0.1, 0.15) is 0 Å². The molecule has 0 atom stereocenters. The second kappa shape index (κ2) is 15.8. The van der Waals surface area contributed by atoms with Gasteiger partial charge in [-0.1, -0.05) is 0 Å². The van der Waals surface area contributed by atoms with Crippen molar-refractivity contribution in [3.8, 4) is 0 Å². The summed E-state index contributed by atoms with van der Waals surface area (Å²) < 4.78 is 3.47. The Labute approximate surface area is 126 Å². The second-order valence-corrected chi connectivity index (χ2v) is 0.329. The van der Waals surface area contributed by atoms with E-state index < -0.39 is 0 Å². The quantitative estimate of drug-likeness (QED) is 0.263. The molecule has 0 radical (unpaired) electrons. The van der Waals surface area contributed by atoms with Crippen LogP contribution in [0.3, 0.4) is 0 Å². The molecule has 0 spiro atoms. The summed E-state index contributed by atoms with van der Waals surface area (Å²) in [6.07, 6.45) is 0. The number of rotatable bonds is 2. The molecule has 0 fully saturated rings. The summed E-state index contributed by atoms with van der Waals surface area (Å²) in [7, 11) is 0. The molecule has 0 aromatic carbocycles. The van der Waals surface area contributed by atoms with Gasteiger partial charge in [0.05, 0.1) is 0 Å². The van der Waals surface area contributed by atoms with Crippen LogP contribution < -0.4 is 0 Å². The minimum absolute atomic E-state index is 0. The van der Waals surface area contributed by atoms with E-state index in [2.05, 4.69) is 4.74 Å². The van der Waals surface area contributed by atoms with Gasteiger partial charge in [-0.15, -0.1) is 0 Å². The van der Waals surface area contributed by atoms with Gasteiger partial charge in [0, 0.05) is 0 Å². The van der Waals surface area contributed by atoms with Crippen LogP contribution in [0.2, 0.25) is 0 Å². The standard InChI is InChI=1S/C2H2O3.2K.2H/c3-1-5-2-4;;;;/h1-2H;;;;. The van der Waals surface area contributed by atoms with Crippen molar-refractivity contribution in [2.24, 2.45) is 0 Å². The van der Waals surface area contributed by atoms with Gasteiger partial charge in [0.25, 0.3) is 0 Å². The van der Waals surface area contributed by atoms with Crippen LogP contribution in [0.4, 0.5) is 0 Å². The number of carbonyl (C=O) groups excluding carboxylic acids is 2. The summed E-state index contributed by atoms with van der Waals surface area (Å²) in [6.45, 7) is 0.125. The molecule has 0 bridgehead atoms. The van der Waals surface area contributed by atoms with Crippen molar-refractivity contribution in [2.75, 3.05) is 0 Å². The molecule has 0 aromatic rings. The maximum absolute atomic E-state index is 8.95. The molecule has 32 valence electrons. The second-order valence-electron chi connectivity index (χ2n) is 0.329. The van der Waals surface area contributed by atoms with Crippen LogP contribution >= 0.6 is 0 Å². The van der Waals surface area contributed by atoms with Crippen LogP contribution in [-0.4, -0.2) is 116 Å². The predicted molar refractivity (Wildman–Crippen MR) is 27.5 cm³/mol. The van der Waals surface area contributed by atoms with E-state index in [1.165, 1.54) is 0 Å². The molecule has 0 aliphatic rings. The molecule has 0 rings (SSSR count). The first-order valence-corrected chi connectivity index (χ1v) is 0.943. The molecule has 3 nitrogen and oxygen atoms in total. The van der Waals surface area contributed by atoms with Crippen LogP contribution in [0.25, 0.3) is 0 Å². The molecule has 0 aliphatic carbocycles. The number of ether oxygens (including phenoxy) is 1. The molecule has 0 heterocycles. The van der Waals surface area contributed by atoms with Gasteiger partial charge in [-0.3, -0.25) is 9.59 Å². The summed E-state index contributed by atoms with van der Waals surface area (Å²) in [5, 5.41) is 0. The van der Waals surface area contributed by atoms with Gasteiger partial charge in [-0.05, 0) is 0 Å². The average molecular weight is 154 g/mol. The van der Waals surface area contributed by atoms with Crippen LogP contribution in [0, 0.1) is 0 Å². The number of carbonyl (C=O) groups is 2. The van der Waals surface area contributed by atoms with Crippen molar-refractivity contribution in [1.29, 1.82) is 0 Å². The van der Waals surface area contributed by atoms with Gasteiger partial charge in [-0.2, -0.15) is 0 Å². The zero-order valence-electron chi connectivity index (χ0n) is 2.38. The Hall–Kier alpha value is 2.41. The fraction of sp³-hybridized carbons (Fsp3) is 0. The van der Waals surface area contributed by atoms with E-state index in [4.69, 9.17) is 9.59 Å². The summed E-state index contributed by atoms with van der Waals surface area (Å²) in [5.74, 6) is 0. The SMILES string of the molecule is O=COC=O.[KH].[KH]. The molecule has 0 amide bonds. The van der Waals surface area contributed by atoms with Gasteiger partial charge < -0.3 is 4.74 Å². The Morgan fingerprint density at radius 3 is 1.29 bits per heavy atom. The van der Waals surface area contributed by atoms with E-state index in [-0.39, 0.29) is 116 Å². The van der Waals surface area contributed by atoms with Crippen LogP contribution in [-0.2, 0) is 14.3 Å². The molecule has 0 saturated carbocycles. The molecule has 5 heteroatoms. The van der Waals surface area contributed by atoms with Crippen molar-refractivity contribution in [2.45, 2.75) is 0 Å². The number of hydrogen-bond donors (Lipinski definition) is 0. The zero-order valence-corrected chi connectivity index (χ0v) is 2.38. The van der Waals surface area contributed by atoms with E-state index in [0.29, 0.717) is 0 Å². The van der Waals surface area contributed by atoms with E-state index >= 15 is 0 Å². The summed E-state index contributed by atoms with van der Waals surface area (Å²) in [4.78, 5) is 17.9. The van der Waals surface area contributed by atoms with E-state index in [1.54, 1.807) is 0 Å². The first-order valence-electron chi connectivity index (χ1n) is 0.943. The van der Waals surface area contributed by atoms with Gasteiger partial charge in [0.2, 0.25) is 0 Å². The van der Waals surface area contributed by atoms with E-state index in [0.717, 1.165) is 0 Å². The topological polar surface area (TPSA) is 43.4 Å². The van der Waals surface area contributed by atoms with Gasteiger partial charge >= 0.3 is 116 Å². The molecule has 7 heavy (non-hydrogen) atoms. The van der Waals surface area contributed by atoms with Crippen molar-refractivity contribution in [3.05, 3.63) is 0 Å². The van der Waals surface area contributed by atoms with Crippen molar-refractivity contribution in [1.82, 2.24) is 0 Å². The predicted octanol–water partition coefficient (Wildman–Crippen LogP) is -1.98. The summed E-state index contributed by atoms with van der Waals surface area (Å²) in [5.41, 5.74) is 0. The fourth-order valence-electron chi connectivity index (χ4n) is 0.0227. The Bertz CT molecular complexity index is 40.2. The summed E-state index contributed by atoms with van der Waals surface area (Å²) >= 11 is 0. The van der Waals surface area contributed by atoms with Crippen LogP contribution in [0.5, 0.6) is 0 Å². The first-order chi connectivity index (χ1) is 2.41. The molecule has 0 aromatic heterocycles. The molecular weight excluding hydrogens is 150 g/mol. The Morgan fingerprint density at radius 2 is 1.29 bits per heavy atom. The molecule has 0 N–H and O–H groups in total. The molecule has 0 unspecified atom stereocenters. The van der Waals surface area contributed by atoms with E-state index in [9.17, 15) is 0 Å². The van der Waals surface area contributed by atoms with Crippen LogP contribution in [0.15, 0.2) is 0 Å². The normalized spacial score (nSPS) is 4.00. The third kappa shape index (κ3) is 17.8. The molecule has 0 aliphatic heterocycles. The minimum atomic E-state index is 0. The number of hydrogen-bond acceptors (Lipinski definition) is 3. The van der Waals surface area contributed by atoms with Crippen molar-refractivity contribution in [3.63, 3.8) is 0 Å². The third-order valence-corrected chi connectivity index (χ3v) is 0.111. The van der Waals surface area contributed by atoms with Gasteiger partial charge in [0.1, 0.15) is 0 Å². The first kappa shape index (κ1) is 16.2. The Balaban J connectivity index is -0.0000000800. The van der Waals surface area contributed by atoms with Crippen molar-refractivity contribution >= 4 is 116 Å². The Morgan fingerprint density at radius 1 is 1.00 bits per heavy atom. The summed E-state index contributed by atoms with van der Waals surface area (Å²) in [6, 6.07) is 0. The maximum atomic E-state index is 8.95. The zero-order chi connectivity index (χ0) is 4.12. The fourth-order valence-corrected chi connectivity index (χ4v) is 0.0227.